The Morgan fingerprint density at radius 2 is 2.11 bits per heavy atom. The molecule has 9 heteroatoms. The molecule has 0 fully saturated rings. The molecule has 0 unspecified atom stereocenters. The van der Waals surface area contributed by atoms with Gasteiger partial charge in [-0.3, -0.25) is 4.79 Å². The molecule has 0 aromatic carbocycles. The summed E-state index contributed by atoms with van der Waals surface area (Å²) in [5.74, 6) is -2.30. The van der Waals surface area contributed by atoms with Gasteiger partial charge in [-0.15, -0.1) is 13.2 Å². The van der Waals surface area contributed by atoms with Gasteiger partial charge in [0.25, 0.3) is 0 Å². The fraction of sp³-hybridized carbons (Fsp3) is 0.333. The Bertz CT molecular complexity index is 462. The Morgan fingerprint density at radius 3 is 2.56 bits per heavy atom. The highest BCUT2D eigenvalue weighted by Crippen LogP contribution is 2.27. The number of halogens is 4. The van der Waals surface area contributed by atoms with Gasteiger partial charge in [-0.2, -0.15) is 0 Å². The van der Waals surface area contributed by atoms with Gasteiger partial charge in [0, 0.05) is 17.3 Å². The third kappa shape index (κ3) is 3.75. The second-order valence-corrected chi connectivity index (χ2v) is 3.23. The van der Waals surface area contributed by atoms with E-state index in [1.54, 1.807) is 0 Å². The van der Waals surface area contributed by atoms with Crippen molar-refractivity contribution >= 4 is 11.7 Å². The van der Waals surface area contributed by atoms with Crippen LogP contribution in [0.2, 0.25) is 0 Å². The van der Waals surface area contributed by atoms with Crippen LogP contribution >= 0.6 is 0 Å². The molecular formula is C9H8F4N2O3. The van der Waals surface area contributed by atoms with E-state index >= 15 is 0 Å². The minimum absolute atomic E-state index is 0.257. The van der Waals surface area contributed by atoms with E-state index in [2.05, 4.69) is 9.72 Å². The number of nitrogen functional groups attached to an aromatic ring is 1. The molecule has 1 aromatic rings. The van der Waals surface area contributed by atoms with Gasteiger partial charge in [-0.25, -0.2) is 9.37 Å². The summed E-state index contributed by atoms with van der Waals surface area (Å²) in [6.45, 7) is -1.13. The van der Waals surface area contributed by atoms with E-state index in [0.29, 0.717) is 6.07 Å². The first-order valence-electron chi connectivity index (χ1n) is 4.54. The summed E-state index contributed by atoms with van der Waals surface area (Å²) in [5, 5.41) is 8.53. The van der Waals surface area contributed by atoms with Crippen molar-refractivity contribution in [1.82, 2.24) is 4.98 Å². The van der Waals surface area contributed by atoms with Gasteiger partial charge in [0.05, 0.1) is 12.1 Å². The number of alkyl halides is 4. The molecule has 0 aliphatic heterocycles. The van der Waals surface area contributed by atoms with Crippen molar-refractivity contribution in [1.29, 1.82) is 0 Å². The van der Waals surface area contributed by atoms with E-state index < -0.39 is 37.0 Å². The van der Waals surface area contributed by atoms with Crippen LogP contribution in [0.25, 0.3) is 0 Å². The standard InChI is InChI=1S/C9H8F4N2O3/c10-3-4-5(14)1-7(18-9(11,12)13)15-6(4)2-8(16)17/h1H,2-3H2,(H2,14,15)(H,16,17). The maximum Gasteiger partial charge on any atom is 0.574 e. The minimum Gasteiger partial charge on any atom is -0.481 e. The highest BCUT2D eigenvalue weighted by molar-refractivity contribution is 5.71. The van der Waals surface area contributed by atoms with Gasteiger partial charge in [0.2, 0.25) is 5.88 Å². The number of ether oxygens (including phenoxy) is 1. The zero-order valence-electron chi connectivity index (χ0n) is 8.79. The van der Waals surface area contributed by atoms with Crippen LogP contribution in [-0.4, -0.2) is 22.4 Å². The molecule has 3 N–H and O–H groups in total. The van der Waals surface area contributed by atoms with Crippen LogP contribution in [0.5, 0.6) is 5.88 Å². The van der Waals surface area contributed by atoms with Crippen molar-refractivity contribution in [3.8, 4) is 5.88 Å². The number of pyridine rings is 1. The Labute approximate surface area is 98.2 Å². The van der Waals surface area contributed by atoms with Crippen molar-refractivity contribution in [2.24, 2.45) is 0 Å². The molecule has 5 nitrogen and oxygen atoms in total. The summed E-state index contributed by atoms with van der Waals surface area (Å²) in [4.78, 5) is 13.8. The van der Waals surface area contributed by atoms with E-state index in [0.717, 1.165) is 0 Å². The average Bonchev–Trinajstić information content (AvgIpc) is 2.13. The first kappa shape index (κ1) is 14.0. The number of aliphatic carboxylic acids is 1. The number of rotatable bonds is 4. The lowest BCUT2D eigenvalue weighted by atomic mass is 10.1. The van der Waals surface area contributed by atoms with Crippen LogP contribution in [-0.2, 0) is 17.9 Å². The van der Waals surface area contributed by atoms with Crippen LogP contribution in [0.4, 0.5) is 23.2 Å². The molecule has 100 valence electrons. The SMILES string of the molecule is Nc1cc(OC(F)(F)F)nc(CC(=O)O)c1CF. The zero-order valence-corrected chi connectivity index (χ0v) is 8.79. The molecule has 0 amide bonds. The normalized spacial score (nSPS) is 11.3. The predicted octanol–water partition coefficient (Wildman–Crippen LogP) is 1.66. The van der Waals surface area contributed by atoms with Crippen LogP contribution in [0, 0.1) is 0 Å². The van der Waals surface area contributed by atoms with E-state index in [-0.39, 0.29) is 11.3 Å². The number of aromatic nitrogens is 1. The van der Waals surface area contributed by atoms with Crippen molar-refractivity contribution in [3.63, 3.8) is 0 Å². The highest BCUT2D eigenvalue weighted by Gasteiger charge is 2.32. The number of hydrogen-bond acceptors (Lipinski definition) is 4. The first-order valence-corrected chi connectivity index (χ1v) is 4.54. The third-order valence-electron chi connectivity index (χ3n) is 1.89. The van der Waals surface area contributed by atoms with Crippen molar-refractivity contribution in [2.45, 2.75) is 19.5 Å². The number of nitrogens with zero attached hydrogens (tertiary/aromatic N) is 1. The topological polar surface area (TPSA) is 85.4 Å². The van der Waals surface area contributed by atoms with Crippen LogP contribution in [0.15, 0.2) is 6.07 Å². The first-order chi connectivity index (χ1) is 8.23. The molecule has 1 rings (SSSR count). The zero-order chi connectivity index (χ0) is 13.9. The van der Waals surface area contributed by atoms with Gasteiger partial charge >= 0.3 is 12.3 Å². The molecule has 18 heavy (non-hydrogen) atoms. The molecule has 0 atom stereocenters. The van der Waals surface area contributed by atoms with Gasteiger partial charge < -0.3 is 15.6 Å². The minimum atomic E-state index is -4.99. The fourth-order valence-corrected chi connectivity index (χ4v) is 1.23. The second kappa shape index (κ2) is 5.07. The molecule has 0 spiro atoms. The van der Waals surface area contributed by atoms with Gasteiger partial charge in [0.1, 0.15) is 6.67 Å². The molecule has 0 saturated carbocycles. The summed E-state index contributed by atoms with van der Waals surface area (Å²) < 4.78 is 52.0. The Kier molecular flexibility index (Phi) is 3.94. The summed E-state index contributed by atoms with van der Waals surface area (Å²) >= 11 is 0. The quantitative estimate of drug-likeness (QED) is 0.811. The van der Waals surface area contributed by atoms with Crippen LogP contribution < -0.4 is 10.5 Å². The predicted molar refractivity (Wildman–Crippen MR) is 51.5 cm³/mol. The molecule has 1 aromatic heterocycles. The molecule has 0 radical (unpaired) electrons. The van der Waals surface area contributed by atoms with Gasteiger partial charge in [-0.05, 0) is 0 Å². The molecule has 0 saturated heterocycles. The molecule has 1 heterocycles. The van der Waals surface area contributed by atoms with Crippen molar-refractivity contribution < 1.29 is 32.2 Å². The van der Waals surface area contributed by atoms with E-state index in [9.17, 15) is 22.4 Å². The van der Waals surface area contributed by atoms with Crippen LogP contribution in [0.1, 0.15) is 11.3 Å². The number of anilines is 1. The van der Waals surface area contributed by atoms with Crippen LogP contribution in [0.3, 0.4) is 0 Å². The van der Waals surface area contributed by atoms with Gasteiger partial charge in [0.15, 0.2) is 0 Å². The van der Waals surface area contributed by atoms with Crippen molar-refractivity contribution in [3.05, 3.63) is 17.3 Å². The summed E-state index contributed by atoms with van der Waals surface area (Å²) in [6, 6.07) is 0.688. The number of carbonyl (C=O) groups is 1. The summed E-state index contributed by atoms with van der Waals surface area (Å²) in [5.41, 5.74) is 4.31. The van der Waals surface area contributed by atoms with E-state index in [1.165, 1.54) is 0 Å². The Hall–Kier alpha value is -2.06. The Morgan fingerprint density at radius 1 is 1.50 bits per heavy atom. The molecule has 0 aliphatic rings. The lowest BCUT2D eigenvalue weighted by Gasteiger charge is -2.12. The molecule has 0 aliphatic carbocycles. The number of nitrogens with two attached hydrogens (primary N) is 1. The fourth-order valence-electron chi connectivity index (χ4n) is 1.23. The molecular weight excluding hydrogens is 260 g/mol. The number of carboxylic acids is 1. The smallest absolute Gasteiger partial charge is 0.481 e. The second-order valence-electron chi connectivity index (χ2n) is 3.23. The number of hydrogen-bond donors (Lipinski definition) is 2. The van der Waals surface area contributed by atoms with Gasteiger partial charge in [-0.1, -0.05) is 0 Å². The summed E-state index contributed by atoms with van der Waals surface area (Å²) in [6.07, 6.45) is -5.74. The van der Waals surface area contributed by atoms with Crippen molar-refractivity contribution in [2.75, 3.05) is 5.73 Å². The third-order valence-corrected chi connectivity index (χ3v) is 1.89. The maximum atomic E-state index is 12.6. The maximum absolute atomic E-state index is 12.6. The highest BCUT2D eigenvalue weighted by atomic mass is 19.4. The largest absolute Gasteiger partial charge is 0.574 e. The summed E-state index contributed by atoms with van der Waals surface area (Å²) in [7, 11) is 0. The van der Waals surface area contributed by atoms with E-state index in [1.807, 2.05) is 0 Å². The lowest BCUT2D eigenvalue weighted by molar-refractivity contribution is -0.276. The Balaban J connectivity index is 3.17. The number of carboxylic acid groups (broad SMARTS) is 1. The molecule has 0 bridgehead atoms. The average molecular weight is 268 g/mol. The lowest BCUT2D eigenvalue weighted by Crippen LogP contribution is -2.19. The van der Waals surface area contributed by atoms with E-state index in [4.69, 9.17) is 10.8 Å². The monoisotopic (exact) mass is 268 g/mol.